The first-order valence-corrected chi connectivity index (χ1v) is 13.0. The molecule has 0 aliphatic rings. The number of esters is 1. The van der Waals surface area contributed by atoms with Crippen molar-refractivity contribution < 1.29 is 57.9 Å². The maximum absolute atomic E-state index is 12.5. The fourth-order valence-electron chi connectivity index (χ4n) is 3.60. The van der Waals surface area contributed by atoms with Gasteiger partial charge in [0.25, 0.3) is 0 Å². The number of nitrogens with zero attached hydrogens (tertiary/aromatic N) is 2. The number of carboxylic acids is 3. The van der Waals surface area contributed by atoms with Crippen LogP contribution in [-0.2, 0) is 40.0 Å². The van der Waals surface area contributed by atoms with Gasteiger partial charge in [-0.3, -0.25) is 29.0 Å². The molecule has 0 amide bonds. The molecule has 0 radical (unpaired) electrons. The second-order valence-corrected chi connectivity index (χ2v) is 9.42. The topological polar surface area (TPSA) is 203 Å². The van der Waals surface area contributed by atoms with E-state index in [0.717, 1.165) is 0 Å². The van der Waals surface area contributed by atoms with E-state index in [1.165, 1.54) is 29.0 Å². The van der Waals surface area contributed by atoms with Crippen LogP contribution in [0.4, 0.5) is 0 Å². The molecular weight excluding hydrogens is 616 g/mol. The number of carbonyl (C=O) groups is 4. The fraction of sp³-hybridized carbons (Fsp3) is 0.480. The van der Waals surface area contributed by atoms with Crippen LogP contribution < -0.4 is 10.4 Å². The molecule has 226 valence electrons. The van der Waals surface area contributed by atoms with E-state index in [-0.39, 0.29) is 58.3 Å². The van der Waals surface area contributed by atoms with Crippen LogP contribution >= 0.6 is 15.9 Å². The lowest BCUT2D eigenvalue weighted by atomic mass is 10.1. The average molecular weight is 647 g/mol. The first-order chi connectivity index (χ1) is 19.5. The molecule has 0 bridgehead atoms. The number of benzene rings is 1. The SMILES string of the molecule is COc1cc2oc(=O)cc(COC(=O)CN(CCOCCOCCN(CC(=O)O)CC(=O)O)CC(=O)O)c2cc1Br. The fourth-order valence-corrected chi connectivity index (χ4v) is 4.11. The molecule has 0 aliphatic carbocycles. The lowest BCUT2D eigenvalue weighted by molar-refractivity contribution is -0.148. The Hall–Kier alpha value is -3.57. The molecule has 2 rings (SSSR count). The summed E-state index contributed by atoms with van der Waals surface area (Å²) in [5.41, 5.74) is 0.00425. The van der Waals surface area contributed by atoms with Crippen molar-refractivity contribution >= 4 is 50.8 Å². The highest BCUT2D eigenvalue weighted by molar-refractivity contribution is 9.10. The summed E-state index contributed by atoms with van der Waals surface area (Å²) in [6.07, 6.45) is 0. The number of rotatable bonds is 20. The van der Waals surface area contributed by atoms with Gasteiger partial charge in [-0.05, 0) is 22.0 Å². The number of hydrogen-bond donors (Lipinski definition) is 3. The highest BCUT2D eigenvalue weighted by atomic mass is 79.9. The number of carboxylic acid groups (broad SMARTS) is 3. The molecule has 1 aromatic heterocycles. The molecule has 0 atom stereocenters. The van der Waals surface area contributed by atoms with E-state index in [4.69, 9.17) is 33.6 Å². The van der Waals surface area contributed by atoms with Crippen LogP contribution in [0.5, 0.6) is 5.75 Å². The highest BCUT2D eigenvalue weighted by Crippen LogP contribution is 2.31. The van der Waals surface area contributed by atoms with Gasteiger partial charge in [-0.2, -0.15) is 0 Å². The van der Waals surface area contributed by atoms with Gasteiger partial charge in [0.2, 0.25) is 0 Å². The summed E-state index contributed by atoms with van der Waals surface area (Å²) >= 11 is 3.36. The Morgan fingerprint density at radius 2 is 1.37 bits per heavy atom. The van der Waals surface area contributed by atoms with E-state index in [1.54, 1.807) is 6.07 Å². The average Bonchev–Trinajstić information content (AvgIpc) is 2.87. The summed E-state index contributed by atoms with van der Waals surface area (Å²) < 4.78 is 27.0. The normalized spacial score (nSPS) is 11.2. The number of carbonyl (C=O) groups excluding carboxylic acids is 1. The zero-order valence-corrected chi connectivity index (χ0v) is 23.8. The van der Waals surface area contributed by atoms with Crippen molar-refractivity contribution in [2.75, 3.05) is 72.8 Å². The summed E-state index contributed by atoms with van der Waals surface area (Å²) in [4.78, 5) is 59.8. The monoisotopic (exact) mass is 646 g/mol. The van der Waals surface area contributed by atoms with Gasteiger partial charge in [-0.1, -0.05) is 0 Å². The Labute approximate surface area is 242 Å². The highest BCUT2D eigenvalue weighted by Gasteiger charge is 2.17. The Kier molecular flexibility index (Phi) is 14.2. The van der Waals surface area contributed by atoms with Crippen molar-refractivity contribution in [3.05, 3.63) is 38.7 Å². The van der Waals surface area contributed by atoms with E-state index >= 15 is 0 Å². The maximum atomic E-state index is 12.5. The van der Waals surface area contributed by atoms with Gasteiger partial charge < -0.3 is 38.7 Å². The minimum Gasteiger partial charge on any atom is -0.495 e. The Morgan fingerprint density at radius 3 is 1.88 bits per heavy atom. The molecule has 2 aromatic rings. The quantitative estimate of drug-likeness (QED) is 0.102. The van der Waals surface area contributed by atoms with Gasteiger partial charge >= 0.3 is 29.5 Å². The Balaban J connectivity index is 1.79. The number of halogens is 1. The summed E-state index contributed by atoms with van der Waals surface area (Å²) in [5.74, 6) is -3.72. The molecular formula is C25H31BrN2O13. The minimum absolute atomic E-state index is 0.0777. The molecule has 15 nitrogen and oxygen atoms in total. The molecule has 0 unspecified atom stereocenters. The summed E-state index contributed by atoms with van der Waals surface area (Å²) in [5, 5.41) is 27.4. The van der Waals surface area contributed by atoms with Crippen LogP contribution in [0, 0.1) is 0 Å². The first-order valence-electron chi connectivity index (χ1n) is 12.2. The third-order valence-corrected chi connectivity index (χ3v) is 6.02. The van der Waals surface area contributed by atoms with Crippen LogP contribution in [0.25, 0.3) is 11.0 Å². The number of aliphatic carboxylic acids is 3. The number of ether oxygens (including phenoxy) is 4. The zero-order valence-electron chi connectivity index (χ0n) is 22.2. The van der Waals surface area contributed by atoms with Crippen LogP contribution in [0.3, 0.4) is 0 Å². The van der Waals surface area contributed by atoms with E-state index in [0.29, 0.717) is 21.2 Å². The molecule has 41 heavy (non-hydrogen) atoms. The maximum Gasteiger partial charge on any atom is 0.336 e. The van der Waals surface area contributed by atoms with Gasteiger partial charge in [-0.15, -0.1) is 0 Å². The Morgan fingerprint density at radius 1 is 0.829 bits per heavy atom. The molecule has 1 aromatic carbocycles. The lowest BCUT2D eigenvalue weighted by Gasteiger charge is -2.19. The molecule has 1 heterocycles. The van der Waals surface area contributed by atoms with E-state index in [2.05, 4.69) is 15.9 Å². The van der Waals surface area contributed by atoms with Crippen molar-refractivity contribution in [2.45, 2.75) is 6.61 Å². The van der Waals surface area contributed by atoms with Crippen molar-refractivity contribution in [2.24, 2.45) is 0 Å². The van der Waals surface area contributed by atoms with Crippen LogP contribution in [-0.4, -0.2) is 122 Å². The lowest BCUT2D eigenvalue weighted by Crippen LogP contribution is -2.38. The second kappa shape index (κ2) is 17.3. The third-order valence-electron chi connectivity index (χ3n) is 5.40. The number of fused-ring (bicyclic) bond motifs is 1. The van der Waals surface area contributed by atoms with Crippen molar-refractivity contribution in [1.82, 2.24) is 9.80 Å². The van der Waals surface area contributed by atoms with Gasteiger partial charge in [-0.25, -0.2) is 4.79 Å². The predicted octanol–water partition coefficient (Wildman–Crippen LogP) is 0.498. The molecule has 0 saturated heterocycles. The smallest absolute Gasteiger partial charge is 0.336 e. The van der Waals surface area contributed by atoms with E-state index in [1.807, 2.05) is 0 Å². The third kappa shape index (κ3) is 12.6. The van der Waals surface area contributed by atoms with Gasteiger partial charge in [0.05, 0.1) is 64.2 Å². The Bertz CT molecular complexity index is 1250. The standard InChI is InChI=1S/C25H31BrN2O13/c1-37-20-10-19-17(9-18(20)26)16(8-24(35)41-19)15-40-25(36)14-28(13-23(33)34)3-5-39-7-6-38-4-2-27(11-21(29)30)12-22(31)32/h8-10H,2-7,11-15H2,1H3,(H,29,30)(H,31,32)(H,33,34). The molecule has 0 fully saturated rings. The van der Waals surface area contributed by atoms with Gasteiger partial charge in [0.15, 0.2) is 0 Å². The predicted molar refractivity (Wildman–Crippen MR) is 144 cm³/mol. The number of hydrogen-bond acceptors (Lipinski definition) is 12. The van der Waals surface area contributed by atoms with Gasteiger partial charge in [0, 0.05) is 36.2 Å². The molecule has 16 heteroatoms. The number of methoxy groups -OCH3 is 1. The molecule has 0 spiro atoms. The minimum atomic E-state index is -1.15. The second-order valence-electron chi connectivity index (χ2n) is 8.56. The van der Waals surface area contributed by atoms with Crippen molar-refractivity contribution in [3.63, 3.8) is 0 Å². The largest absolute Gasteiger partial charge is 0.495 e. The van der Waals surface area contributed by atoms with E-state index < -0.39 is 49.1 Å². The zero-order chi connectivity index (χ0) is 30.4. The molecule has 0 aliphatic heterocycles. The van der Waals surface area contributed by atoms with Crippen LogP contribution in [0.2, 0.25) is 0 Å². The molecule has 3 N–H and O–H groups in total. The summed E-state index contributed by atoms with van der Waals surface area (Å²) in [7, 11) is 1.46. The summed E-state index contributed by atoms with van der Waals surface area (Å²) in [6, 6.07) is 4.40. The molecule has 0 saturated carbocycles. The van der Waals surface area contributed by atoms with Crippen molar-refractivity contribution in [1.29, 1.82) is 0 Å². The first kappa shape index (κ1) is 33.6. The van der Waals surface area contributed by atoms with Crippen LogP contribution in [0.15, 0.2) is 31.9 Å². The van der Waals surface area contributed by atoms with Crippen LogP contribution in [0.1, 0.15) is 5.56 Å². The van der Waals surface area contributed by atoms with Crippen molar-refractivity contribution in [3.8, 4) is 5.75 Å². The summed E-state index contributed by atoms with van der Waals surface area (Å²) in [6.45, 7) is -1.27. The van der Waals surface area contributed by atoms with E-state index in [9.17, 15) is 29.1 Å². The van der Waals surface area contributed by atoms with Gasteiger partial charge in [0.1, 0.15) is 17.9 Å².